The highest BCUT2D eigenvalue weighted by Crippen LogP contribution is 2.28. The number of phenols is 1. The van der Waals surface area contributed by atoms with E-state index < -0.39 is 11.9 Å². The summed E-state index contributed by atoms with van der Waals surface area (Å²) in [5, 5.41) is 18.7. The third-order valence-corrected chi connectivity index (χ3v) is 3.87. The van der Waals surface area contributed by atoms with Crippen LogP contribution in [0.2, 0.25) is 0 Å². The summed E-state index contributed by atoms with van der Waals surface area (Å²) in [4.78, 5) is 25.1. The van der Waals surface area contributed by atoms with Crippen LogP contribution >= 0.6 is 0 Å². The molecule has 0 aromatic heterocycles. The van der Waals surface area contributed by atoms with Crippen LogP contribution in [-0.4, -0.2) is 39.6 Å². The Balaban J connectivity index is 2.26. The highest BCUT2D eigenvalue weighted by Gasteiger charge is 2.38. The monoisotopic (exact) mass is 263 g/mol. The zero-order chi connectivity index (χ0) is 14.2. The molecule has 19 heavy (non-hydrogen) atoms. The zero-order valence-corrected chi connectivity index (χ0v) is 11.0. The molecule has 1 aliphatic rings. The molecule has 1 aromatic rings. The van der Waals surface area contributed by atoms with Crippen LogP contribution in [0, 0.1) is 12.8 Å². The summed E-state index contributed by atoms with van der Waals surface area (Å²) in [6, 6.07) is 4.47. The second-order valence-corrected chi connectivity index (χ2v) is 4.92. The van der Waals surface area contributed by atoms with Crippen molar-refractivity contribution >= 4 is 11.9 Å². The van der Waals surface area contributed by atoms with Crippen molar-refractivity contribution in [2.45, 2.75) is 26.3 Å². The van der Waals surface area contributed by atoms with Gasteiger partial charge in [0.1, 0.15) is 5.75 Å². The van der Waals surface area contributed by atoms with Crippen LogP contribution in [0.4, 0.5) is 0 Å². The van der Waals surface area contributed by atoms with Gasteiger partial charge in [-0.3, -0.25) is 9.59 Å². The van der Waals surface area contributed by atoms with E-state index in [0.29, 0.717) is 24.1 Å². The lowest BCUT2D eigenvalue weighted by Crippen LogP contribution is -2.37. The Morgan fingerprint density at radius 3 is 2.63 bits per heavy atom. The summed E-state index contributed by atoms with van der Waals surface area (Å²) < 4.78 is 0. The van der Waals surface area contributed by atoms with E-state index in [4.69, 9.17) is 5.11 Å². The van der Waals surface area contributed by atoms with Crippen molar-refractivity contribution in [3.8, 4) is 5.75 Å². The van der Waals surface area contributed by atoms with Gasteiger partial charge in [-0.05, 0) is 32.4 Å². The summed E-state index contributed by atoms with van der Waals surface area (Å²) in [5.41, 5.74) is 0.955. The average molecular weight is 263 g/mol. The molecule has 0 radical (unpaired) electrons. The number of carbonyl (C=O) groups is 2. The number of amides is 1. The summed E-state index contributed by atoms with van der Waals surface area (Å²) in [5.74, 6) is -1.52. The number of rotatable bonds is 2. The number of likely N-dealkylation sites (tertiary alicyclic amines) is 1. The summed E-state index contributed by atoms with van der Waals surface area (Å²) in [6.45, 7) is 3.87. The maximum Gasteiger partial charge on any atom is 0.308 e. The maximum absolute atomic E-state index is 12.4. The molecule has 0 aliphatic carbocycles. The Morgan fingerprint density at radius 1 is 1.37 bits per heavy atom. The van der Waals surface area contributed by atoms with Crippen molar-refractivity contribution in [3.63, 3.8) is 0 Å². The lowest BCUT2D eigenvalue weighted by molar-refractivity contribution is -0.142. The fourth-order valence-electron chi connectivity index (χ4n) is 2.57. The lowest BCUT2D eigenvalue weighted by atomic mass is 10.0. The molecule has 2 N–H and O–H groups in total. The molecule has 2 rings (SSSR count). The predicted octanol–water partition coefficient (Wildman–Crippen LogP) is 1.64. The number of hydrogen-bond acceptors (Lipinski definition) is 3. The summed E-state index contributed by atoms with van der Waals surface area (Å²) in [6.07, 6.45) is 0.472. The number of carboxylic acids is 1. The van der Waals surface area contributed by atoms with Gasteiger partial charge in [0.25, 0.3) is 5.91 Å². The number of benzene rings is 1. The van der Waals surface area contributed by atoms with Gasteiger partial charge < -0.3 is 15.1 Å². The Kier molecular flexibility index (Phi) is 3.46. The number of aliphatic carboxylic acids is 1. The van der Waals surface area contributed by atoms with E-state index >= 15 is 0 Å². The van der Waals surface area contributed by atoms with E-state index in [0.717, 1.165) is 0 Å². The Bertz CT molecular complexity index is 526. The van der Waals surface area contributed by atoms with Gasteiger partial charge in [-0.1, -0.05) is 6.07 Å². The van der Waals surface area contributed by atoms with Crippen LogP contribution in [0.15, 0.2) is 18.2 Å². The standard InChI is InChI=1S/C14H17NO4/c1-8-10(4-3-5-12(8)16)13(17)15-7-6-11(9(15)2)14(18)19/h3-5,9,11,16H,6-7H2,1-2H3,(H,18,19). The lowest BCUT2D eigenvalue weighted by Gasteiger charge is -2.24. The molecule has 1 fully saturated rings. The van der Waals surface area contributed by atoms with Gasteiger partial charge >= 0.3 is 5.97 Å². The molecule has 5 nitrogen and oxygen atoms in total. The Labute approximate surface area is 111 Å². The number of hydrogen-bond donors (Lipinski definition) is 2. The fraction of sp³-hybridized carbons (Fsp3) is 0.429. The smallest absolute Gasteiger partial charge is 0.308 e. The number of nitrogens with zero attached hydrogens (tertiary/aromatic N) is 1. The SMILES string of the molecule is Cc1c(O)cccc1C(=O)N1CCC(C(=O)O)C1C. The largest absolute Gasteiger partial charge is 0.508 e. The first-order chi connectivity index (χ1) is 8.93. The van der Waals surface area contributed by atoms with Crippen LogP contribution in [0.25, 0.3) is 0 Å². The van der Waals surface area contributed by atoms with Gasteiger partial charge in [0.2, 0.25) is 0 Å². The number of carboxylic acid groups (broad SMARTS) is 1. The topological polar surface area (TPSA) is 77.8 Å². The van der Waals surface area contributed by atoms with Crippen LogP contribution in [0.5, 0.6) is 5.75 Å². The minimum Gasteiger partial charge on any atom is -0.508 e. The first-order valence-electron chi connectivity index (χ1n) is 6.26. The number of aromatic hydroxyl groups is 1. The minimum atomic E-state index is -0.865. The molecule has 1 aliphatic heterocycles. The molecule has 0 bridgehead atoms. The normalized spacial score (nSPS) is 22.5. The zero-order valence-electron chi connectivity index (χ0n) is 11.0. The number of carbonyl (C=O) groups excluding carboxylic acids is 1. The first kappa shape index (κ1) is 13.4. The first-order valence-corrected chi connectivity index (χ1v) is 6.26. The molecule has 1 saturated heterocycles. The Hall–Kier alpha value is -2.04. The molecule has 1 aromatic carbocycles. The van der Waals surface area contributed by atoms with Crippen molar-refractivity contribution in [1.82, 2.24) is 4.90 Å². The summed E-state index contributed by atoms with van der Waals surface area (Å²) >= 11 is 0. The average Bonchev–Trinajstić information content (AvgIpc) is 2.74. The predicted molar refractivity (Wildman–Crippen MR) is 69.1 cm³/mol. The molecular weight excluding hydrogens is 246 g/mol. The molecule has 102 valence electrons. The van der Waals surface area contributed by atoms with Crippen LogP contribution in [0.3, 0.4) is 0 Å². The number of phenolic OH excluding ortho intramolecular Hbond substituents is 1. The minimum absolute atomic E-state index is 0.0764. The highest BCUT2D eigenvalue weighted by atomic mass is 16.4. The molecule has 1 amide bonds. The quantitative estimate of drug-likeness (QED) is 0.850. The fourth-order valence-corrected chi connectivity index (χ4v) is 2.57. The third kappa shape index (κ3) is 2.28. The van der Waals surface area contributed by atoms with Gasteiger partial charge in [-0.2, -0.15) is 0 Å². The van der Waals surface area contributed by atoms with Crippen molar-refractivity contribution in [1.29, 1.82) is 0 Å². The van der Waals surface area contributed by atoms with E-state index in [1.807, 2.05) is 0 Å². The second-order valence-electron chi connectivity index (χ2n) is 4.92. The molecular formula is C14H17NO4. The molecule has 0 saturated carbocycles. The third-order valence-electron chi connectivity index (χ3n) is 3.87. The molecule has 2 atom stereocenters. The molecule has 1 heterocycles. The van der Waals surface area contributed by atoms with Gasteiger partial charge in [-0.15, -0.1) is 0 Å². The highest BCUT2D eigenvalue weighted by molar-refractivity contribution is 5.97. The van der Waals surface area contributed by atoms with Crippen molar-refractivity contribution in [2.75, 3.05) is 6.54 Å². The van der Waals surface area contributed by atoms with E-state index in [9.17, 15) is 14.7 Å². The maximum atomic E-state index is 12.4. The molecule has 2 unspecified atom stereocenters. The van der Waals surface area contributed by atoms with E-state index in [1.54, 1.807) is 30.9 Å². The van der Waals surface area contributed by atoms with Crippen LogP contribution in [0.1, 0.15) is 29.3 Å². The molecule has 5 heteroatoms. The second kappa shape index (κ2) is 4.91. The van der Waals surface area contributed by atoms with E-state index in [2.05, 4.69) is 0 Å². The molecule has 0 spiro atoms. The van der Waals surface area contributed by atoms with Crippen molar-refractivity contribution in [2.24, 2.45) is 5.92 Å². The van der Waals surface area contributed by atoms with Gasteiger partial charge in [0, 0.05) is 23.7 Å². The Morgan fingerprint density at radius 2 is 2.05 bits per heavy atom. The van der Waals surface area contributed by atoms with Crippen LogP contribution < -0.4 is 0 Å². The van der Waals surface area contributed by atoms with E-state index in [1.165, 1.54) is 6.07 Å². The summed E-state index contributed by atoms with van der Waals surface area (Å²) in [7, 11) is 0. The van der Waals surface area contributed by atoms with Crippen molar-refractivity contribution in [3.05, 3.63) is 29.3 Å². The van der Waals surface area contributed by atoms with Gasteiger partial charge in [0.15, 0.2) is 0 Å². The van der Waals surface area contributed by atoms with Gasteiger partial charge in [0.05, 0.1) is 5.92 Å². The van der Waals surface area contributed by atoms with E-state index in [-0.39, 0.29) is 17.7 Å². The van der Waals surface area contributed by atoms with Gasteiger partial charge in [-0.25, -0.2) is 0 Å². The van der Waals surface area contributed by atoms with Crippen molar-refractivity contribution < 1.29 is 19.8 Å². The van der Waals surface area contributed by atoms with Crippen LogP contribution in [-0.2, 0) is 4.79 Å².